The van der Waals surface area contributed by atoms with Gasteiger partial charge in [0.25, 0.3) is 0 Å². The molecule has 0 saturated carbocycles. The first-order valence-electron chi connectivity index (χ1n) is 9.18. The van der Waals surface area contributed by atoms with Gasteiger partial charge in [0.2, 0.25) is 0 Å². The Hall–Kier alpha value is -1.07. The van der Waals surface area contributed by atoms with E-state index in [4.69, 9.17) is 3.32 Å². The van der Waals surface area contributed by atoms with E-state index in [1.165, 1.54) is 12.8 Å². The zero-order valence-electron chi connectivity index (χ0n) is 19.7. The molecule has 0 atom stereocenters. The molecular formula is C22H38O5Ti. The summed E-state index contributed by atoms with van der Waals surface area (Å²) in [6.45, 7) is 21.7. The predicted octanol–water partition coefficient (Wildman–Crippen LogP) is 4.72. The maximum atomic E-state index is 11.4. The SMILES string of the molecule is CC(C)(C)C(=O)[CH-]C(=O)C(C)(C)C.CC(C)(C)C(=O)[CH-]C(=O)C(C)(C)C.[O]=[Ti+2]. The zero-order valence-corrected chi connectivity index (χ0v) is 21.3. The maximum absolute atomic E-state index is 11.4. The van der Waals surface area contributed by atoms with Gasteiger partial charge in [-0.3, -0.25) is 12.8 Å². The van der Waals surface area contributed by atoms with E-state index in [0.29, 0.717) is 0 Å². The second-order valence-electron chi connectivity index (χ2n) is 10.7. The van der Waals surface area contributed by atoms with Crippen LogP contribution in [0.5, 0.6) is 0 Å². The molecular weight excluding hydrogens is 392 g/mol. The summed E-state index contributed by atoms with van der Waals surface area (Å²) in [4.78, 5) is 45.8. The topological polar surface area (TPSA) is 85.3 Å². The fourth-order valence-electron chi connectivity index (χ4n) is 1.10. The van der Waals surface area contributed by atoms with E-state index in [0.717, 1.165) is 20.4 Å². The van der Waals surface area contributed by atoms with Gasteiger partial charge in [-0.15, -0.1) is 0 Å². The molecule has 0 radical (unpaired) electrons. The van der Waals surface area contributed by atoms with Crippen LogP contribution in [0.15, 0.2) is 0 Å². The Bertz CT molecular complexity index is 451. The first kappa shape index (κ1) is 31.6. The minimum absolute atomic E-state index is 0.104. The number of carbonyl (C=O) groups is 4. The molecule has 0 spiro atoms. The molecule has 5 nitrogen and oxygen atoms in total. The first-order valence-corrected chi connectivity index (χ1v) is 9.81. The van der Waals surface area contributed by atoms with Crippen molar-refractivity contribution in [1.29, 1.82) is 0 Å². The number of hydrogen-bond acceptors (Lipinski definition) is 5. The van der Waals surface area contributed by atoms with Crippen LogP contribution in [0.2, 0.25) is 0 Å². The van der Waals surface area contributed by atoms with Crippen LogP contribution in [-0.4, -0.2) is 23.1 Å². The van der Waals surface area contributed by atoms with Gasteiger partial charge in [-0.1, -0.05) is 83.1 Å². The number of carbonyl (C=O) groups excluding carboxylic acids is 4. The van der Waals surface area contributed by atoms with Crippen LogP contribution in [0.4, 0.5) is 0 Å². The normalized spacial score (nSPS) is 11.8. The van der Waals surface area contributed by atoms with Gasteiger partial charge in [0.05, 0.1) is 0 Å². The molecule has 0 bridgehead atoms. The summed E-state index contributed by atoms with van der Waals surface area (Å²) in [7, 11) is 0. The standard InChI is InChI=1S/2C11H19O2.O.Ti/c2*1-10(2,3)8(12)7-9(13)11(4,5)6;;/h2*7H,1-6H3;;/q2*-1;;+2. The monoisotopic (exact) mass is 430 g/mol. The minimum atomic E-state index is -0.457. The number of rotatable bonds is 4. The van der Waals surface area contributed by atoms with Gasteiger partial charge in [-0.2, -0.15) is 0 Å². The van der Waals surface area contributed by atoms with Crippen LogP contribution in [-0.2, 0) is 42.9 Å². The van der Waals surface area contributed by atoms with Crippen molar-refractivity contribution in [2.75, 3.05) is 0 Å². The molecule has 0 heterocycles. The van der Waals surface area contributed by atoms with Crippen LogP contribution in [0, 0.1) is 34.5 Å². The summed E-state index contributed by atoms with van der Waals surface area (Å²) in [5, 5.41) is 0. The van der Waals surface area contributed by atoms with Gasteiger partial charge in [0, 0.05) is 23.1 Å². The molecule has 28 heavy (non-hydrogen) atoms. The molecule has 0 aliphatic heterocycles. The molecule has 0 aliphatic carbocycles. The third-order valence-electron chi connectivity index (χ3n) is 3.48. The quantitative estimate of drug-likeness (QED) is 0.366. The molecule has 0 amide bonds. The van der Waals surface area contributed by atoms with Crippen molar-refractivity contribution >= 4 is 23.1 Å². The van der Waals surface area contributed by atoms with E-state index in [1.807, 2.05) is 83.1 Å². The van der Waals surface area contributed by atoms with Gasteiger partial charge in [-0.25, -0.2) is 0 Å². The molecule has 0 rings (SSSR count). The van der Waals surface area contributed by atoms with Crippen LogP contribution in [0.25, 0.3) is 0 Å². The molecule has 0 N–H and O–H groups in total. The van der Waals surface area contributed by atoms with E-state index in [9.17, 15) is 19.2 Å². The fourth-order valence-corrected chi connectivity index (χ4v) is 1.10. The Labute approximate surface area is 183 Å². The van der Waals surface area contributed by atoms with Crippen molar-refractivity contribution in [3.8, 4) is 0 Å². The summed E-state index contributed by atoms with van der Waals surface area (Å²) in [5.41, 5.74) is -1.83. The molecule has 0 aliphatic rings. The average molecular weight is 430 g/mol. The van der Waals surface area contributed by atoms with E-state index in [1.54, 1.807) is 0 Å². The predicted molar refractivity (Wildman–Crippen MR) is 107 cm³/mol. The summed E-state index contributed by atoms with van der Waals surface area (Å²) in [6, 6.07) is 0. The second-order valence-corrected chi connectivity index (χ2v) is 10.7. The van der Waals surface area contributed by atoms with Crippen LogP contribution >= 0.6 is 0 Å². The summed E-state index contributed by atoms with van der Waals surface area (Å²) in [6.07, 6.45) is 2.44. The van der Waals surface area contributed by atoms with Crippen LogP contribution in [0.3, 0.4) is 0 Å². The summed E-state index contributed by atoms with van der Waals surface area (Å²) < 4.78 is 8.25. The van der Waals surface area contributed by atoms with Crippen molar-refractivity contribution in [2.45, 2.75) is 83.1 Å². The molecule has 0 saturated heterocycles. The molecule has 0 aromatic carbocycles. The Morgan fingerprint density at radius 1 is 0.429 bits per heavy atom. The molecule has 0 fully saturated rings. The van der Waals surface area contributed by atoms with Crippen molar-refractivity contribution in [1.82, 2.24) is 0 Å². The van der Waals surface area contributed by atoms with E-state index >= 15 is 0 Å². The molecule has 0 unspecified atom stereocenters. The Morgan fingerprint density at radius 3 is 0.607 bits per heavy atom. The van der Waals surface area contributed by atoms with Gasteiger partial charge in [-0.05, 0) is 21.7 Å². The van der Waals surface area contributed by atoms with Crippen molar-refractivity contribution in [3.63, 3.8) is 0 Å². The Morgan fingerprint density at radius 2 is 0.536 bits per heavy atom. The third kappa shape index (κ3) is 14.9. The fraction of sp³-hybridized carbons (Fsp3) is 0.727. The molecule has 0 aromatic heterocycles. The number of ketones is 4. The number of hydrogen-bond donors (Lipinski definition) is 0. The Kier molecular flexibility index (Phi) is 13.3. The summed E-state index contributed by atoms with van der Waals surface area (Å²) in [5.74, 6) is -0.417. The summed E-state index contributed by atoms with van der Waals surface area (Å²) >= 11 is 0.750. The van der Waals surface area contributed by atoms with E-state index < -0.39 is 21.7 Å². The third-order valence-corrected chi connectivity index (χ3v) is 3.48. The van der Waals surface area contributed by atoms with Gasteiger partial charge in [0.15, 0.2) is 0 Å². The average Bonchev–Trinajstić information content (AvgIpc) is 2.45. The molecule has 6 heteroatoms. The van der Waals surface area contributed by atoms with E-state index in [-0.39, 0.29) is 23.1 Å². The van der Waals surface area contributed by atoms with Gasteiger partial charge >= 0.3 is 23.7 Å². The van der Waals surface area contributed by atoms with Gasteiger partial charge in [0.1, 0.15) is 0 Å². The molecule has 0 aromatic rings. The second kappa shape index (κ2) is 11.8. The first-order chi connectivity index (χ1) is 12.1. The van der Waals surface area contributed by atoms with Crippen molar-refractivity contribution < 1.29 is 42.9 Å². The van der Waals surface area contributed by atoms with Gasteiger partial charge < -0.3 is 19.2 Å². The van der Waals surface area contributed by atoms with Crippen LogP contribution in [0.1, 0.15) is 83.1 Å². The van der Waals surface area contributed by atoms with Crippen LogP contribution < -0.4 is 0 Å². The molecule has 160 valence electrons. The Balaban J connectivity index is -0.000000410. The van der Waals surface area contributed by atoms with E-state index in [2.05, 4.69) is 0 Å². The zero-order chi connectivity index (χ0) is 23.7. The van der Waals surface area contributed by atoms with Crippen molar-refractivity contribution in [2.24, 2.45) is 21.7 Å². The van der Waals surface area contributed by atoms with Crippen molar-refractivity contribution in [3.05, 3.63) is 12.8 Å². The number of Topliss-reactive ketones (excluding diaryl/α,β-unsaturated/α-hetero) is 4.